The maximum Gasteiger partial charge on any atom is 0.104 e. The fourth-order valence-electron chi connectivity index (χ4n) is 2.80. The van der Waals surface area contributed by atoms with Gasteiger partial charge in [-0.25, -0.2) is 5.11 Å². The highest BCUT2D eigenvalue weighted by Gasteiger charge is 2.37. The Balaban J connectivity index is 2.07. The lowest BCUT2D eigenvalue weighted by Gasteiger charge is -2.32. The third-order valence-corrected chi connectivity index (χ3v) is 3.40. The highest BCUT2D eigenvalue weighted by Crippen LogP contribution is 2.41. The van der Waals surface area contributed by atoms with Crippen molar-refractivity contribution in [1.82, 2.24) is 0 Å². The first-order valence-electron chi connectivity index (χ1n) is 4.99. The average molecular weight is 153 g/mol. The molecule has 0 saturated heterocycles. The first-order chi connectivity index (χ1) is 5.29. The predicted molar refractivity (Wildman–Crippen MR) is 43.8 cm³/mol. The molecule has 1 heteroatoms. The molecule has 0 heterocycles. The van der Waals surface area contributed by atoms with Crippen molar-refractivity contribution in [3.63, 3.8) is 0 Å². The molecule has 2 bridgehead atoms. The highest BCUT2D eigenvalue weighted by atomic mass is 16.3. The van der Waals surface area contributed by atoms with E-state index in [4.69, 9.17) is 0 Å². The molecule has 1 nitrogen and oxygen atoms in total. The summed E-state index contributed by atoms with van der Waals surface area (Å²) in [6, 6.07) is 0. The largest absolute Gasteiger partial charge is 0.229 e. The molecule has 0 spiro atoms. The first-order valence-corrected chi connectivity index (χ1v) is 4.99. The quantitative estimate of drug-likeness (QED) is 0.510. The molecule has 11 heavy (non-hydrogen) atoms. The standard InChI is InChI=1S/C10H17O/c11-10-6-2-1-4-9(8-10)5-3-7-10/h9H,1-8H2. The van der Waals surface area contributed by atoms with Gasteiger partial charge in [-0.2, -0.15) is 0 Å². The van der Waals surface area contributed by atoms with Gasteiger partial charge in [0.2, 0.25) is 0 Å². The summed E-state index contributed by atoms with van der Waals surface area (Å²) >= 11 is 0. The molecular formula is C10H17O. The van der Waals surface area contributed by atoms with Gasteiger partial charge < -0.3 is 0 Å². The number of fused-ring (bicyclic) bond motifs is 2. The van der Waals surface area contributed by atoms with Gasteiger partial charge in [0.05, 0.1) is 0 Å². The summed E-state index contributed by atoms with van der Waals surface area (Å²) in [4.78, 5) is 0. The zero-order valence-corrected chi connectivity index (χ0v) is 7.14. The molecule has 0 aromatic rings. The summed E-state index contributed by atoms with van der Waals surface area (Å²) in [5.41, 5.74) is -0.487. The van der Waals surface area contributed by atoms with Gasteiger partial charge in [0.15, 0.2) is 0 Å². The Morgan fingerprint density at radius 3 is 2.64 bits per heavy atom. The van der Waals surface area contributed by atoms with Crippen LogP contribution in [0.4, 0.5) is 0 Å². The molecular weight excluding hydrogens is 136 g/mol. The van der Waals surface area contributed by atoms with Crippen LogP contribution in [-0.4, -0.2) is 5.60 Å². The minimum absolute atomic E-state index is 0.487. The molecule has 0 aromatic carbocycles. The summed E-state index contributed by atoms with van der Waals surface area (Å²) in [5, 5.41) is 12.0. The third kappa shape index (κ3) is 1.58. The van der Waals surface area contributed by atoms with Crippen LogP contribution in [0.25, 0.3) is 0 Å². The molecule has 2 aliphatic carbocycles. The van der Waals surface area contributed by atoms with Crippen LogP contribution < -0.4 is 0 Å². The molecule has 63 valence electrons. The van der Waals surface area contributed by atoms with Crippen LogP contribution in [-0.2, 0) is 5.11 Å². The van der Waals surface area contributed by atoms with Crippen molar-refractivity contribution in [3.05, 3.63) is 0 Å². The van der Waals surface area contributed by atoms with Crippen LogP contribution in [0.2, 0.25) is 0 Å². The van der Waals surface area contributed by atoms with E-state index >= 15 is 0 Å². The van der Waals surface area contributed by atoms with E-state index in [9.17, 15) is 5.11 Å². The van der Waals surface area contributed by atoms with E-state index in [2.05, 4.69) is 0 Å². The van der Waals surface area contributed by atoms with E-state index < -0.39 is 5.60 Å². The lowest BCUT2D eigenvalue weighted by Crippen LogP contribution is -2.32. The van der Waals surface area contributed by atoms with E-state index in [-0.39, 0.29) is 0 Å². The molecule has 2 aliphatic rings. The number of rotatable bonds is 0. The fraction of sp³-hybridized carbons (Fsp3) is 1.00. The summed E-state index contributed by atoms with van der Waals surface area (Å²) in [6.45, 7) is 0. The minimum atomic E-state index is -0.487. The molecule has 1 radical (unpaired) electrons. The van der Waals surface area contributed by atoms with Crippen LogP contribution in [0, 0.1) is 5.92 Å². The van der Waals surface area contributed by atoms with Gasteiger partial charge in [0, 0.05) is 0 Å². The average Bonchev–Trinajstić information content (AvgIpc) is 2.09. The molecule has 2 fully saturated rings. The van der Waals surface area contributed by atoms with E-state index in [0.29, 0.717) is 0 Å². The van der Waals surface area contributed by atoms with Gasteiger partial charge in [-0.05, 0) is 25.2 Å². The van der Waals surface area contributed by atoms with Gasteiger partial charge in [-0.3, -0.25) is 0 Å². The van der Waals surface area contributed by atoms with E-state index in [1.807, 2.05) is 0 Å². The smallest absolute Gasteiger partial charge is 0.104 e. The molecule has 2 saturated carbocycles. The zero-order valence-electron chi connectivity index (χ0n) is 7.14. The second-order valence-electron chi connectivity index (χ2n) is 4.39. The van der Waals surface area contributed by atoms with Crippen LogP contribution in [0.3, 0.4) is 0 Å². The topological polar surface area (TPSA) is 19.9 Å². The molecule has 0 amide bonds. The Morgan fingerprint density at radius 1 is 1.00 bits per heavy atom. The van der Waals surface area contributed by atoms with Crippen molar-refractivity contribution in [1.29, 1.82) is 0 Å². The van der Waals surface area contributed by atoms with E-state index in [1.165, 1.54) is 32.1 Å². The Labute approximate surface area is 68.8 Å². The molecule has 2 unspecified atom stereocenters. The van der Waals surface area contributed by atoms with Crippen LogP contribution >= 0.6 is 0 Å². The second-order valence-corrected chi connectivity index (χ2v) is 4.39. The lowest BCUT2D eigenvalue weighted by atomic mass is 9.77. The predicted octanol–water partition coefficient (Wildman–Crippen LogP) is 2.92. The Bertz CT molecular complexity index is 144. The van der Waals surface area contributed by atoms with Crippen molar-refractivity contribution in [2.75, 3.05) is 0 Å². The van der Waals surface area contributed by atoms with Crippen molar-refractivity contribution < 1.29 is 5.11 Å². The number of hydrogen-bond donors (Lipinski definition) is 0. The minimum Gasteiger partial charge on any atom is -0.229 e. The van der Waals surface area contributed by atoms with Crippen molar-refractivity contribution in [2.45, 2.75) is 57.0 Å². The normalized spacial score (nSPS) is 45.0. The fourth-order valence-corrected chi connectivity index (χ4v) is 2.80. The third-order valence-electron chi connectivity index (χ3n) is 3.40. The Hall–Kier alpha value is -0.0400. The summed E-state index contributed by atoms with van der Waals surface area (Å²) in [6.07, 6.45) is 9.30. The van der Waals surface area contributed by atoms with Crippen molar-refractivity contribution >= 4 is 0 Å². The maximum absolute atomic E-state index is 12.0. The summed E-state index contributed by atoms with van der Waals surface area (Å²) < 4.78 is 0. The summed E-state index contributed by atoms with van der Waals surface area (Å²) in [7, 11) is 0. The van der Waals surface area contributed by atoms with Crippen molar-refractivity contribution in [3.8, 4) is 0 Å². The van der Waals surface area contributed by atoms with Crippen LogP contribution in [0.5, 0.6) is 0 Å². The first kappa shape index (κ1) is 7.60. The van der Waals surface area contributed by atoms with E-state index in [1.54, 1.807) is 0 Å². The van der Waals surface area contributed by atoms with Gasteiger partial charge in [-0.1, -0.05) is 32.1 Å². The molecule has 0 N–H and O–H groups in total. The molecule has 0 aliphatic heterocycles. The highest BCUT2D eigenvalue weighted by molar-refractivity contribution is 4.88. The monoisotopic (exact) mass is 153 g/mol. The molecule has 2 atom stereocenters. The second kappa shape index (κ2) is 2.78. The van der Waals surface area contributed by atoms with Gasteiger partial charge in [0.25, 0.3) is 0 Å². The van der Waals surface area contributed by atoms with Crippen LogP contribution in [0.1, 0.15) is 51.4 Å². The SMILES string of the molecule is [O]C12CCCCC(CCC1)C2. The Kier molecular flexibility index (Phi) is 1.92. The lowest BCUT2D eigenvalue weighted by molar-refractivity contribution is -0.0737. The molecule has 2 rings (SSSR count). The molecule has 0 aromatic heterocycles. The van der Waals surface area contributed by atoms with Crippen molar-refractivity contribution in [2.24, 2.45) is 5.92 Å². The number of hydrogen-bond acceptors (Lipinski definition) is 0. The van der Waals surface area contributed by atoms with E-state index in [0.717, 1.165) is 25.2 Å². The van der Waals surface area contributed by atoms with Gasteiger partial charge in [0.1, 0.15) is 5.60 Å². The van der Waals surface area contributed by atoms with Gasteiger partial charge in [-0.15, -0.1) is 0 Å². The maximum atomic E-state index is 12.0. The van der Waals surface area contributed by atoms with Gasteiger partial charge >= 0.3 is 0 Å². The summed E-state index contributed by atoms with van der Waals surface area (Å²) in [5.74, 6) is 0.795. The van der Waals surface area contributed by atoms with Crippen LogP contribution in [0.15, 0.2) is 0 Å². The zero-order chi connectivity index (χ0) is 7.73. The Morgan fingerprint density at radius 2 is 1.73 bits per heavy atom.